The molecule has 6 aromatic carbocycles. The highest BCUT2D eigenvalue weighted by molar-refractivity contribution is 5.90. The molecule has 2 bridgehead atoms. The molecule has 0 aromatic heterocycles. The molecule has 0 unspecified atom stereocenters. The molecule has 2 aliphatic rings. The summed E-state index contributed by atoms with van der Waals surface area (Å²) in [6.07, 6.45) is 0.451. The van der Waals surface area contributed by atoms with E-state index in [2.05, 4.69) is 6.08 Å². The number of hydrogen-bond donors (Lipinski definition) is 1. The highest BCUT2D eigenvalue weighted by Gasteiger charge is 2.80. The van der Waals surface area contributed by atoms with Gasteiger partial charge in [0.25, 0.3) is 0 Å². The zero-order valence-electron chi connectivity index (χ0n) is 41.4. The lowest BCUT2D eigenvalue weighted by molar-refractivity contribution is -0.409. The van der Waals surface area contributed by atoms with Gasteiger partial charge in [-0.15, -0.1) is 0 Å². The minimum atomic E-state index is -2.23. The highest BCUT2D eigenvalue weighted by atomic mass is 16.8. The van der Waals surface area contributed by atoms with Gasteiger partial charge in [-0.1, -0.05) is 177 Å². The first kappa shape index (κ1) is 52.5. The minimum absolute atomic E-state index is 0.0139. The van der Waals surface area contributed by atoms with Crippen molar-refractivity contribution < 1.29 is 57.4 Å². The van der Waals surface area contributed by atoms with Crippen LogP contribution in [0.15, 0.2) is 188 Å². The third-order valence-electron chi connectivity index (χ3n) is 13.4. The van der Waals surface area contributed by atoms with Gasteiger partial charge in [0, 0.05) is 13.3 Å². The Labute approximate surface area is 427 Å². The van der Waals surface area contributed by atoms with Crippen LogP contribution in [-0.2, 0) is 62.5 Å². The van der Waals surface area contributed by atoms with E-state index in [1.54, 1.807) is 60.7 Å². The SMILES string of the molecule is CC(=O)O[C@H](CCC[C@]12O[C@H](COCc3ccccc3)[C@@](O)(COCc3ccccc3)[C@](COCc3ccccc3)(O1)[C@H](OC(=O)c1ccccc1)[C@H]2OC(=O)c1ccccc1)[C@H](C)C/C=C/c1ccccc1. The molecular formula is C61H64O12. The van der Waals surface area contributed by atoms with Gasteiger partial charge in [-0.05, 0) is 71.7 Å². The molecule has 2 aliphatic heterocycles. The Morgan fingerprint density at radius 1 is 0.616 bits per heavy atom. The fourth-order valence-corrected chi connectivity index (χ4v) is 9.64. The van der Waals surface area contributed by atoms with Crippen LogP contribution < -0.4 is 0 Å². The number of ether oxygens (including phenoxy) is 8. The summed E-state index contributed by atoms with van der Waals surface area (Å²) >= 11 is 0. The average molecular weight is 989 g/mol. The number of esters is 3. The Bertz CT molecular complexity index is 2670. The zero-order valence-corrected chi connectivity index (χ0v) is 41.4. The van der Waals surface area contributed by atoms with Crippen LogP contribution in [0.3, 0.4) is 0 Å². The summed E-state index contributed by atoms with van der Waals surface area (Å²) in [5.74, 6) is -3.98. The largest absolute Gasteiger partial charge is 0.462 e. The molecule has 2 heterocycles. The van der Waals surface area contributed by atoms with Crippen LogP contribution in [0.1, 0.15) is 82.5 Å². The van der Waals surface area contributed by atoms with Gasteiger partial charge in [-0.2, -0.15) is 0 Å². The summed E-state index contributed by atoms with van der Waals surface area (Å²) in [7, 11) is 0. The molecule has 6 aromatic rings. The van der Waals surface area contributed by atoms with Crippen LogP contribution in [0.4, 0.5) is 0 Å². The van der Waals surface area contributed by atoms with Crippen molar-refractivity contribution >= 4 is 24.0 Å². The van der Waals surface area contributed by atoms with Crippen LogP contribution in [0.5, 0.6) is 0 Å². The lowest BCUT2D eigenvalue weighted by atomic mass is 9.75. The summed E-state index contributed by atoms with van der Waals surface area (Å²) in [4.78, 5) is 41.9. The van der Waals surface area contributed by atoms with Crippen LogP contribution in [0, 0.1) is 5.92 Å². The van der Waals surface area contributed by atoms with E-state index in [0.717, 1.165) is 22.3 Å². The van der Waals surface area contributed by atoms with Gasteiger partial charge in [0.05, 0.1) is 50.8 Å². The van der Waals surface area contributed by atoms with Gasteiger partial charge in [0.1, 0.15) is 12.2 Å². The van der Waals surface area contributed by atoms with Crippen molar-refractivity contribution in [2.45, 2.75) is 101 Å². The molecule has 0 spiro atoms. The fraction of sp³-hybridized carbons (Fsp3) is 0.328. The summed E-state index contributed by atoms with van der Waals surface area (Å²) < 4.78 is 53.3. The maximum Gasteiger partial charge on any atom is 0.338 e. The topological polar surface area (TPSA) is 145 Å². The van der Waals surface area contributed by atoms with Crippen LogP contribution in [0.2, 0.25) is 0 Å². The van der Waals surface area contributed by atoms with Crippen molar-refractivity contribution in [3.8, 4) is 0 Å². The lowest BCUT2D eigenvalue weighted by Crippen LogP contribution is -2.74. The predicted octanol–water partition coefficient (Wildman–Crippen LogP) is 10.5. The molecule has 73 heavy (non-hydrogen) atoms. The summed E-state index contributed by atoms with van der Waals surface area (Å²) in [6, 6.07) is 55.4. The number of carbonyl (C=O) groups is 3. The number of rotatable bonds is 25. The van der Waals surface area contributed by atoms with Crippen molar-refractivity contribution in [3.63, 3.8) is 0 Å². The molecule has 0 radical (unpaired) electrons. The number of allylic oxidation sites excluding steroid dienone is 1. The van der Waals surface area contributed by atoms with Crippen LogP contribution in [-0.4, -0.2) is 84.2 Å². The summed E-state index contributed by atoms with van der Waals surface area (Å²) in [5, 5.41) is 13.9. The molecule has 12 nitrogen and oxygen atoms in total. The number of hydrogen-bond acceptors (Lipinski definition) is 12. The van der Waals surface area contributed by atoms with Crippen molar-refractivity contribution in [1.82, 2.24) is 0 Å². The first-order chi connectivity index (χ1) is 35.6. The Kier molecular flexibility index (Phi) is 18.2. The first-order valence-corrected chi connectivity index (χ1v) is 24.9. The third-order valence-corrected chi connectivity index (χ3v) is 13.4. The molecule has 0 saturated carbocycles. The van der Waals surface area contributed by atoms with Crippen molar-refractivity contribution in [2.75, 3.05) is 19.8 Å². The fourth-order valence-electron chi connectivity index (χ4n) is 9.64. The number of fused-ring (bicyclic) bond motifs is 2. The molecule has 2 saturated heterocycles. The quantitative estimate of drug-likeness (QED) is 0.0430. The molecule has 12 heteroatoms. The number of carbonyl (C=O) groups excluding carboxylic acids is 3. The van der Waals surface area contributed by atoms with E-state index >= 15 is 0 Å². The molecule has 8 rings (SSSR count). The highest BCUT2D eigenvalue weighted by Crippen LogP contribution is 2.57. The summed E-state index contributed by atoms with van der Waals surface area (Å²) in [6.45, 7) is 2.72. The van der Waals surface area contributed by atoms with Gasteiger partial charge in [-0.25, -0.2) is 9.59 Å². The maximum atomic E-state index is 14.6. The van der Waals surface area contributed by atoms with Crippen LogP contribution >= 0.6 is 0 Å². The normalized spacial score (nSPS) is 23.1. The van der Waals surface area contributed by atoms with Gasteiger partial charge < -0.3 is 43.0 Å². The minimum Gasteiger partial charge on any atom is -0.462 e. The van der Waals surface area contributed by atoms with Gasteiger partial charge in [-0.3, -0.25) is 4.79 Å². The summed E-state index contributed by atoms with van der Waals surface area (Å²) in [5.41, 5.74) is -0.265. The van der Waals surface area contributed by atoms with Crippen molar-refractivity contribution in [2.24, 2.45) is 5.92 Å². The predicted molar refractivity (Wildman–Crippen MR) is 275 cm³/mol. The van der Waals surface area contributed by atoms with E-state index in [1.807, 2.05) is 134 Å². The van der Waals surface area contributed by atoms with Gasteiger partial charge in [0.2, 0.25) is 5.79 Å². The van der Waals surface area contributed by atoms with E-state index in [-0.39, 0.29) is 56.5 Å². The van der Waals surface area contributed by atoms with E-state index in [4.69, 9.17) is 37.9 Å². The van der Waals surface area contributed by atoms with E-state index < -0.39 is 65.9 Å². The molecule has 380 valence electrons. The van der Waals surface area contributed by atoms with Crippen molar-refractivity contribution in [1.29, 1.82) is 0 Å². The average Bonchev–Trinajstić information content (AvgIpc) is 3.64. The van der Waals surface area contributed by atoms with E-state index in [9.17, 15) is 19.5 Å². The van der Waals surface area contributed by atoms with Crippen LogP contribution in [0.25, 0.3) is 6.08 Å². The second-order valence-electron chi connectivity index (χ2n) is 18.7. The number of aliphatic hydroxyl groups is 1. The molecular weight excluding hydrogens is 925 g/mol. The lowest BCUT2D eigenvalue weighted by Gasteiger charge is -2.54. The Hall–Kier alpha value is -6.77. The molecule has 0 amide bonds. The maximum absolute atomic E-state index is 14.6. The molecule has 2 fully saturated rings. The standard InChI is InChI=1S/C61H64O12/c1-45(23-21-32-47-24-9-3-10-25-47)53(69-46(2)62)37-22-38-61-56(71-58(64)52-35-19-8-20-36-52)55(70-57(63)51-33-17-7-18-34-51)60(73-61,44-68-41-50-30-15-6-16-31-50)59(65,43-67-40-49-28-13-5-14-29-49)54(72-61)42-66-39-48-26-11-4-12-27-48/h3-21,24-36,45,53-56,65H,22-23,37-44H2,1-2H3/b32-21+/t45-,53-,54-,55-,56-,59+,60-,61+/m1/s1. The second-order valence-corrected chi connectivity index (χ2v) is 18.7. The Morgan fingerprint density at radius 3 is 1.60 bits per heavy atom. The van der Waals surface area contributed by atoms with Crippen molar-refractivity contribution in [3.05, 3.63) is 221 Å². The zero-order chi connectivity index (χ0) is 50.9. The molecule has 8 atom stereocenters. The first-order valence-electron chi connectivity index (χ1n) is 24.9. The van der Waals surface area contributed by atoms with E-state index in [0.29, 0.717) is 19.3 Å². The second kappa shape index (κ2) is 25.3. The smallest absolute Gasteiger partial charge is 0.338 e. The van der Waals surface area contributed by atoms with Gasteiger partial charge >= 0.3 is 17.9 Å². The van der Waals surface area contributed by atoms with E-state index in [1.165, 1.54) is 6.92 Å². The Morgan fingerprint density at radius 2 is 1.08 bits per heavy atom. The molecule has 0 aliphatic carbocycles. The third kappa shape index (κ3) is 13.3. The molecule has 1 N–H and O–H groups in total. The van der Waals surface area contributed by atoms with Gasteiger partial charge in [0.15, 0.2) is 23.4 Å². The monoisotopic (exact) mass is 988 g/mol. The Balaban J connectivity index is 1.22. The number of benzene rings is 6.